The highest BCUT2D eigenvalue weighted by Gasteiger charge is 2.21. The monoisotopic (exact) mass is 505 g/mol. The third kappa shape index (κ3) is 4.99. The van der Waals surface area contributed by atoms with E-state index < -0.39 is 12.0 Å². The molecule has 0 aliphatic carbocycles. The minimum absolute atomic E-state index is 0.0595. The number of rotatable bonds is 8. The van der Waals surface area contributed by atoms with E-state index in [-0.39, 0.29) is 18.3 Å². The Morgan fingerprint density at radius 2 is 1.86 bits per heavy atom. The summed E-state index contributed by atoms with van der Waals surface area (Å²) in [6, 6.07) is 12.0. The van der Waals surface area contributed by atoms with Crippen molar-refractivity contribution in [3.63, 3.8) is 0 Å². The summed E-state index contributed by atoms with van der Waals surface area (Å²) in [6.07, 6.45) is 0. The minimum Gasteiger partial charge on any atom is -0.460 e. The van der Waals surface area contributed by atoms with Crippen LogP contribution in [0.1, 0.15) is 50.6 Å². The topological polar surface area (TPSA) is 121 Å². The summed E-state index contributed by atoms with van der Waals surface area (Å²) in [7, 11) is 1.61. The molecule has 0 aliphatic heterocycles. The zero-order valence-corrected chi connectivity index (χ0v) is 21.3. The Morgan fingerprint density at radius 1 is 1.08 bits per heavy atom. The standard InChI is InChI=1S/C27H27N3O5S/c1-14-23-18(12-34-4)8-9-19(16(3)31)25(23)36-24(14)26(32)30-22-11-10-20-17(6-5-7-21(20)29-22)13-35-27(33)15(2)28/h5-11,15H,12-13,28H2,1-4H3,(H,29,30,32)/t15-/m0/s1. The van der Waals surface area contributed by atoms with E-state index >= 15 is 0 Å². The van der Waals surface area contributed by atoms with Gasteiger partial charge in [-0.15, -0.1) is 11.3 Å². The second kappa shape index (κ2) is 10.5. The van der Waals surface area contributed by atoms with E-state index in [0.29, 0.717) is 28.4 Å². The van der Waals surface area contributed by atoms with Crippen LogP contribution in [0, 0.1) is 6.92 Å². The number of pyridine rings is 1. The van der Waals surface area contributed by atoms with Crippen LogP contribution in [0.25, 0.3) is 21.0 Å². The van der Waals surface area contributed by atoms with E-state index in [4.69, 9.17) is 15.2 Å². The number of carbonyl (C=O) groups is 3. The number of amides is 1. The van der Waals surface area contributed by atoms with E-state index in [1.54, 1.807) is 26.2 Å². The van der Waals surface area contributed by atoms with Gasteiger partial charge in [-0.3, -0.25) is 14.4 Å². The number of esters is 1. The van der Waals surface area contributed by atoms with Crippen LogP contribution in [0.4, 0.5) is 5.82 Å². The van der Waals surface area contributed by atoms with Gasteiger partial charge in [-0.05, 0) is 61.7 Å². The smallest absolute Gasteiger partial charge is 0.322 e. The number of anilines is 1. The first-order chi connectivity index (χ1) is 17.2. The zero-order valence-electron chi connectivity index (χ0n) is 20.5. The van der Waals surface area contributed by atoms with Gasteiger partial charge in [0.05, 0.1) is 17.0 Å². The molecule has 186 valence electrons. The number of aryl methyl sites for hydroxylation is 1. The molecule has 1 amide bonds. The van der Waals surface area contributed by atoms with Crippen LogP contribution in [0.5, 0.6) is 0 Å². The number of thiophene rings is 1. The van der Waals surface area contributed by atoms with E-state index in [0.717, 1.165) is 32.2 Å². The lowest BCUT2D eigenvalue weighted by atomic mass is 10.0. The van der Waals surface area contributed by atoms with Crippen molar-refractivity contribution in [3.8, 4) is 0 Å². The van der Waals surface area contributed by atoms with Gasteiger partial charge in [0.2, 0.25) is 0 Å². The summed E-state index contributed by atoms with van der Waals surface area (Å²) in [6.45, 7) is 5.42. The summed E-state index contributed by atoms with van der Waals surface area (Å²) in [5.74, 6) is -0.460. The van der Waals surface area contributed by atoms with Crippen molar-refractivity contribution < 1.29 is 23.9 Å². The van der Waals surface area contributed by atoms with Crippen LogP contribution >= 0.6 is 11.3 Å². The van der Waals surface area contributed by atoms with Gasteiger partial charge in [0, 0.05) is 28.1 Å². The number of benzene rings is 2. The number of ether oxygens (including phenoxy) is 2. The van der Waals surface area contributed by atoms with Crippen LogP contribution in [-0.4, -0.2) is 35.8 Å². The normalized spacial score (nSPS) is 12.0. The second-order valence-corrected chi connectivity index (χ2v) is 9.57. The average molecular weight is 506 g/mol. The van der Waals surface area contributed by atoms with Gasteiger partial charge < -0.3 is 20.5 Å². The minimum atomic E-state index is -0.700. The highest BCUT2D eigenvalue weighted by Crippen LogP contribution is 2.37. The molecule has 0 aliphatic rings. The highest BCUT2D eigenvalue weighted by atomic mass is 32.1. The number of methoxy groups -OCH3 is 1. The number of Topliss-reactive ketones (excluding diaryl/α,β-unsaturated/α-hetero) is 1. The largest absolute Gasteiger partial charge is 0.460 e. The predicted molar refractivity (Wildman–Crippen MR) is 140 cm³/mol. The van der Waals surface area contributed by atoms with Crippen molar-refractivity contribution in [1.29, 1.82) is 0 Å². The molecule has 3 N–H and O–H groups in total. The van der Waals surface area contributed by atoms with Gasteiger partial charge in [0.1, 0.15) is 18.5 Å². The fourth-order valence-electron chi connectivity index (χ4n) is 4.07. The number of fused-ring (bicyclic) bond motifs is 2. The summed E-state index contributed by atoms with van der Waals surface area (Å²) in [5, 5.41) is 4.56. The van der Waals surface area contributed by atoms with E-state index in [9.17, 15) is 14.4 Å². The molecule has 2 aromatic carbocycles. The molecular weight excluding hydrogens is 478 g/mol. The van der Waals surface area contributed by atoms with E-state index in [1.807, 2.05) is 37.3 Å². The number of nitrogens with one attached hydrogen (secondary N) is 1. The first-order valence-corrected chi connectivity index (χ1v) is 12.2. The van der Waals surface area contributed by atoms with Crippen molar-refractivity contribution in [1.82, 2.24) is 4.98 Å². The molecule has 0 saturated heterocycles. The predicted octanol–water partition coefficient (Wildman–Crippen LogP) is 4.75. The van der Waals surface area contributed by atoms with Crippen molar-refractivity contribution in [2.45, 2.75) is 40.0 Å². The Labute approximate surface area is 212 Å². The van der Waals surface area contributed by atoms with Crippen molar-refractivity contribution >= 4 is 55.8 Å². The molecule has 0 unspecified atom stereocenters. The van der Waals surface area contributed by atoms with Crippen LogP contribution in [0.3, 0.4) is 0 Å². The van der Waals surface area contributed by atoms with Gasteiger partial charge in [-0.25, -0.2) is 4.98 Å². The van der Waals surface area contributed by atoms with Crippen molar-refractivity contribution in [3.05, 3.63) is 69.6 Å². The first-order valence-electron chi connectivity index (χ1n) is 11.4. The number of carbonyl (C=O) groups excluding carboxylic acids is 3. The van der Waals surface area contributed by atoms with Crippen LogP contribution in [0.15, 0.2) is 42.5 Å². The average Bonchev–Trinajstić information content (AvgIpc) is 3.20. The molecule has 4 rings (SSSR count). The summed E-state index contributed by atoms with van der Waals surface area (Å²) < 4.78 is 11.4. The Hall–Kier alpha value is -3.66. The first kappa shape index (κ1) is 25.4. The van der Waals surface area contributed by atoms with Gasteiger partial charge in [0.25, 0.3) is 5.91 Å². The summed E-state index contributed by atoms with van der Waals surface area (Å²) in [5.41, 5.74) is 9.29. The van der Waals surface area contributed by atoms with E-state index in [2.05, 4.69) is 10.3 Å². The zero-order chi connectivity index (χ0) is 26.0. The summed E-state index contributed by atoms with van der Waals surface area (Å²) >= 11 is 1.29. The molecule has 0 fully saturated rings. The molecule has 2 heterocycles. The number of hydrogen-bond donors (Lipinski definition) is 2. The van der Waals surface area contributed by atoms with Crippen LogP contribution < -0.4 is 11.1 Å². The van der Waals surface area contributed by atoms with Gasteiger partial charge >= 0.3 is 5.97 Å². The molecule has 1 atom stereocenters. The SMILES string of the molecule is COCc1ccc(C(C)=O)c2sc(C(=O)Nc3ccc4c(COC(=O)[C@H](C)N)cccc4n3)c(C)c12. The number of nitrogens with two attached hydrogens (primary N) is 1. The third-order valence-electron chi connectivity index (χ3n) is 5.85. The fraction of sp³-hybridized carbons (Fsp3) is 0.259. The van der Waals surface area contributed by atoms with Crippen LogP contribution in [0.2, 0.25) is 0 Å². The Kier molecular flexibility index (Phi) is 7.44. The molecule has 36 heavy (non-hydrogen) atoms. The fourth-order valence-corrected chi connectivity index (χ4v) is 5.38. The maximum atomic E-state index is 13.3. The lowest BCUT2D eigenvalue weighted by Crippen LogP contribution is -2.28. The number of ketones is 1. The molecule has 2 aromatic heterocycles. The summed E-state index contributed by atoms with van der Waals surface area (Å²) in [4.78, 5) is 42.3. The molecule has 0 spiro atoms. The molecule has 4 aromatic rings. The second-order valence-electron chi connectivity index (χ2n) is 8.55. The number of nitrogens with zero attached hydrogens (tertiary/aromatic N) is 1. The van der Waals surface area contributed by atoms with Crippen molar-refractivity contribution in [2.75, 3.05) is 12.4 Å². The van der Waals surface area contributed by atoms with E-state index in [1.165, 1.54) is 18.3 Å². The van der Waals surface area contributed by atoms with Gasteiger partial charge in [-0.1, -0.05) is 18.2 Å². The highest BCUT2D eigenvalue weighted by molar-refractivity contribution is 7.21. The number of hydrogen-bond acceptors (Lipinski definition) is 8. The van der Waals surface area contributed by atoms with Gasteiger partial charge in [-0.2, -0.15) is 0 Å². The molecule has 0 bridgehead atoms. The molecular formula is C27H27N3O5S. The molecule has 9 heteroatoms. The molecule has 8 nitrogen and oxygen atoms in total. The van der Waals surface area contributed by atoms with Crippen molar-refractivity contribution in [2.24, 2.45) is 5.73 Å². The Morgan fingerprint density at radius 3 is 2.56 bits per heavy atom. The quantitative estimate of drug-likeness (QED) is 0.262. The lowest BCUT2D eigenvalue weighted by molar-refractivity contribution is -0.146. The Balaban J connectivity index is 1.64. The third-order valence-corrected chi connectivity index (χ3v) is 7.18. The molecule has 0 radical (unpaired) electrons. The maximum absolute atomic E-state index is 13.3. The van der Waals surface area contributed by atoms with Crippen LogP contribution in [-0.2, 0) is 27.5 Å². The molecule has 0 saturated carbocycles. The number of aromatic nitrogens is 1. The lowest BCUT2D eigenvalue weighted by Gasteiger charge is -2.10. The van der Waals surface area contributed by atoms with Gasteiger partial charge in [0.15, 0.2) is 5.78 Å². The Bertz CT molecular complexity index is 1490. The maximum Gasteiger partial charge on any atom is 0.322 e.